The van der Waals surface area contributed by atoms with E-state index in [1.165, 1.54) is 11.3 Å². The number of benzene rings is 1. The average Bonchev–Trinajstić information content (AvgIpc) is 3.51. The first kappa shape index (κ1) is 36.0. The monoisotopic (exact) mass is 682 g/mol. The van der Waals surface area contributed by atoms with Gasteiger partial charge in [-0.3, -0.25) is 9.69 Å². The number of esters is 1. The van der Waals surface area contributed by atoms with Gasteiger partial charge in [0, 0.05) is 6.42 Å². The Bertz CT molecular complexity index is 1480. The highest BCUT2D eigenvalue weighted by Crippen LogP contribution is 2.65. The number of hydrogen-bond donors (Lipinski definition) is 1. The lowest BCUT2D eigenvalue weighted by atomic mass is 9.43. The van der Waals surface area contributed by atoms with E-state index in [0.29, 0.717) is 35.9 Å². The highest BCUT2D eigenvalue weighted by Gasteiger charge is 2.67. The maximum absolute atomic E-state index is 13.6. The third-order valence-electron chi connectivity index (χ3n) is 11.4. The van der Waals surface area contributed by atoms with Crippen LogP contribution in [0.2, 0.25) is 6.32 Å². The molecule has 6 fully saturated rings. The van der Waals surface area contributed by atoms with Crippen LogP contribution >= 0.6 is 0 Å². The van der Waals surface area contributed by atoms with Crippen LogP contribution in [-0.2, 0) is 30.0 Å². The molecule has 6 atom stereocenters. The molecule has 0 aromatic heterocycles. The lowest BCUT2D eigenvalue weighted by molar-refractivity contribution is -0.199. The molecule has 7 rings (SSSR count). The first-order chi connectivity index (χ1) is 22.7. The Balaban J connectivity index is 1.11. The summed E-state index contributed by atoms with van der Waals surface area (Å²) in [5.74, 6) is 0.876. The quantitative estimate of drug-likeness (QED) is 0.306. The average molecular weight is 683 g/mol. The number of rotatable bonds is 7. The molecule has 1 N–H and O–H groups in total. The Morgan fingerprint density at radius 1 is 0.980 bits per heavy atom. The van der Waals surface area contributed by atoms with Gasteiger partial charge in [0.15, 0.2) is 0 Å². The van der Waals surface area contributed by atoms with Crippen molar-refractivity contribution in [2.24, 2.45) is 17.3 Å². The molecule has 3 saturated carbocycles. The summed E-state index contributed by atoms with van der Waals surface area (Å²) in [6, 6.07) is 3.00. The Hall–Kier alpha value is -2.83. The molecule has 3 saturated heterocycles. The number of nitrogens with zero attached hydrogens (tertiary/aromatic N) is 2. The van der Waals surface area contributed by atoms with Crippen LogP contribution in [0.1, 0.15) is 103 Å². The minimum atomic E-state index is -0.804. The number of ether oxygens (including phenoxy) is 3. The summed E-state index contributed by atoms with van der Waals surface area (Å²) < 4.78 is 30.8. The van der Waals surface area contributed by atoms with Gasteiger partial charge in [-0.05, 0) is 115 Å². The number of amides is 2. The van der Waals surface area contributed by atoms with E-state index in [1.807, 2.05) is 39.8 Å². The van der Waals surface area contributed by atoms with Crippen LogP contribution in [-0.4, -0.2) is 101 Å². The van der Waals surface area contributed by atoms with Crippen molar-refractivity contribution in [2.45, 2.75) is 142 Å². The number of aliphatic hydroxyl groups is 1. The normalized spacial score (nSPS) is 30.8. The van der Waals surface area contributed by atoms with Crippen molar-refractivity contribution in [3.05, 3.63) is 28.8 Å². The Morgan fingerprint density at radius 3 is 2.29 bits per heavy atom. The Morgan fingerprint density at radius 2 is 1.65 bits per heavy atom. The Labute approximate surface area is 291 Å². The van der Waals surface area contributed by atoms with Gasteiger partial charge in [-0.15, -0.1) is 0 Å². The SMILES string of the molecule is Cc1c(CCB2O[C@@H]3C[C@@H]4C[C@@H](C4(C)C)[C@]3(C)O2)ccc(OC2CN(C(=O)[C@@H]3C[C@H](O)CN3C(=O)OC(C)(C)C)C2)c1C(=O)OC(C)(C)C. The number of aryl methyl sites for hydroxylation is 1. The maximum atomic E-state index is 13.6. The van der Waals surface area contributed by atoms with E-state index >= 15 is 0 Å². The molecule has 270 valence electrons. The molecular weight excluding hydrogens is 627 g/mol. The van der Waals surface area contributed by atoms with Gasteiger partial charge in [0.2, 0.25) is 5.91 Å². The van der Waals surface area contributed by atoms with Crippen LogP contribution in [0.4, 0.5) is 4.79 Å². The van der Waals surface area contributed by atoms with Crippen molar-refractivity contribution >= 4 is 25.1 Å². The first-order valence-electron chi connectivity index (χ1n) is 18.0. The second kappa shape index (κ2) is 12.4. The van der Waals surface area contributed by atoms with Crippen molar-refractivity contribution < 1.29 is 43.0 Å². The molecule has 3 aliphatic heterocycles. The molecule has 0 spiro atoms. The second-order valence-electron chi connectivity index (χ2n) is 17.7. The molecule has 0 unspecified atom stereocenters. The summed E-state index contributed by atoms with van der Waals surface area (Å²) in [5, 5.41) is 10.3. The van der Waals surface area contributed by atoms with E-state index in [1.54, 1.807) is 25.7 Å². The van der Waals surface area contributed by atoms with E-state index in [0.717, 1.165) is 17.5 Å². The van der Waals surface area contributed by atoms with E-state index in [2.05, 4.69) is 20.8 Å². The zero-order chi connectivity index (χ0) is 35.8. The summed E-state index contributed by atoms with van der Waals surface area (Å²) >= 11 is 0. The number of likely N-dealkylation sites (tertiary alicyclic amines) is 2. The zero-order valence-electron chi connectivity index (χ0n) is 31.0. The molecule has 49 heavy (non-hydrogen) atoms. The van der Waals surface area contributed by atoms with Crippen LogP contribution in [0.15, 0.2) is 12.1 Å². The number of carbonyl (C=O) groups is 3. The summed E-state index contributed by atoms with van der Waals surface area (Å²) in [6.45, 7) is 20.3. The van der Waals surface area contributed by atoms with E-state index < -0.39 is 35.4 Å². The first-order valence-corrected chi connectivity index (χ1v) is 18.0. The smallest absolute Gasteiger partial charge is 0.457 e. The minimum absolute atomic E-state index is 0.0437. The number of aliphatic hydroxyl groups excluding tert-OH is 1. The largest absolute Gasteiger partial charge is 0.486 e. The van der Waals surface area contributed by atoms with Crippen molar-refractivity contribution in [3.8, 4) is 5.75 Å². The van der Waals surface area contributed by atoms with Gasteiger partial charge in [0.05, 0.1) is 37.4 Å². The second-order valence-corrected chi connectivity index (χ2v) is 17.7. The van der Waals surface area contributed by atoms with Gasteiger partial charge in [0.25, 0.3) is 0 Å². The molecule has 2 amide bonds. The van der Waals surface area contributed by atoms with Gasteiger partial charge in [-0.25, -0.2) is 9.59 Å². The van der Waals surface area contributed by atoms with Gasteiger partial charge in [0.1, 0.15) is 34.7 Å². The topological polar surface area (TPSA) is 124 Å². The third kappa shape index (κ3) is 6.94. The van der Waals surface area contributed by atoms with Crippen LogP contribution in [0.25, 0.3) is 0 Å². The van der Waals surface area contributed by atoms with Gasteiger partial charge in [-0.2, -0.15) is 0 Å². The third-order valence-corrected chi connectivity index (χ3v) is 11.4. The zero-order valence-corrected chi connectivity index (χ0v) is 31.0. The summed E-state index contributed by atoms with van der Waals surface area (Å²) in [6.07, 6.45) is 2.09. The van der Waals surface area contributed by atoms with Gasteiger partial charge >= 0.3 is 19.2 Å². The molecular formula is C37H55BN2O9. The number of β-amino-alcohol motifs (C(OH)–C–C–N with tert-alkyl or cyclic N) is 1. The van der Waals surface area contributed by atoms with Crippen molar-refractivity contribution in [1.82, 2.24) is 9.80 Å². The summed E-state index contributed by atoms with van der Waals surface area (Å²) in [4.78, 5) is 42.8. The van der Waals surface area contributed by atoms with Crippen LogP contribution < -0.4 is 4.74 Å². The van der Waals surface area contributed by atoms with E-state index in [9.17, 15) is 19.5 Å². The fourth-order valence-electron chi connectivity index (χ4n) is 8.68. The molecule has 1 aromatic carbocycles. The maximum Gasteiger partial charge on any atom is 0.457 e. The molecule has 3 aliphatic carbocycles. The molecule has 3 heterocycles. The van der Waals surface area contributed by atoms with Crippen molar-refractivity contribution in [2.75, 3.05) is 19.6 Å². The van der Waals surface area contributed by atoms with Gasteiger partial charge < -0.3 is 33.5 Å². The lowest BCUT2D eigenvalue weighted by Crippen LogP contribution is -2.65. The molecule has 11 nitrogen and oxygen atoms in total. The fourth-order valence-corrected chi connectivity index (χ4v) is 8.68. The molecule has 0 radical (unpaired) electrons. The number of hydrogen-bond acceptors (Lipinski definition) is 9. The predicted molar refractivity (Wildman–Crippen MR) is 183 cm³/mol. The molecule has 1 aromatic rings. The van der Waals surface area contributed by atoms with E-state index in [4.69, 9.17) is 23.5 Å². The Kier molecular flexibility index (Phi) is 9.14. The van der Waals surface area contributed by atoms with Gasteiger partial charge in [-0.1, -0.05) is 19.9 Å². The molecule has 12 heteroatoms. The van der Waals surface area contributed by atoms with E-state index in [-0.39, 0.29) is 62.3 Å². The summed E-state index contributed by atoms with van der Waals surface area (Å²) in [5.41, 5.74) is 0.760. The van der Waals surface area contributed by atoms with Crippen molar-refractivity contribution in [3.63, 3.8) is 0 Å². The van der Waals surface area contributed by atoms with Crippen LogP contribution in [0.3, 0.4) is 0 Å². The number of carbonyl (C=O) groups excluding carboxylic acids is 3. The fraction of sp³-hybridized carbons (Fsp3) is 0.757. The highest BCUT2D eigenvalue weighted by atomic mass is 16.7. The summed E-state index contributed by atoms with van der Waals surface area (Å²) in [7, 11) is -0.295. The predicted octanol–water partition coefficient (Wildman–Crippen LogP) is 5.18. The standard InChI is InChI=1S/C37H55BN2O9/c1-21-22(13-14-38-48-29-16-23-15-28(36(23,8)9)37(29,10)49-38)11-12-27(30(21)32(43)46-34(2,3)4)45-25-19-39(20-25)31(42)26-17-24(41)18-40(26)33(44)47-35(5,6)7/h11-12,23-26,28-29,41H,13-20H2,1-10H3/t23-,24-,26-,28-,29+,37-/m0/s1. The highest BCUT2D eigenvalue weighted by molar-refractivity contribution is 6.45. The van der Waals surface area contributed by atoms with Crippen LogP contribution in [0, 0.1) is 24.2 Å². The van der Waals surface area contributed by atoms with Crippen molar-refractivity contribution in [1.29, 1.82) is 0 Å². The minimum Gasteiger partial charge on any atom is -0.486 e. The van der Waals surface area contributed by atoms with Crippen LogP contribution in [0.5, 0.6) is 5.75 Å². The molecule has 6 aliphatic rings. The lowest BCUT2D eigenvalue weighted by Gasteiger charge is -2.64. The molecule has 2 bridgehead atoms.